The van der Waals surface area contributed by atoms with Crippen molar-refractivity contribution in [2.75, 3.05) is 14.2 Å². The van der Waals surface area contributed by atoms with Crippen LogP contribution in [0.15, 0.2) is 18.2 Å². The second kappa shape index (κ2) is 6.01. The molecule has 6 nitrogen and oxygen atoms in total. The van der Waals surface area contributed by atoms with Crippen LogP contribution < -0.4 is 5.32 Å². The van der Waals surface area contributed by atoms with Crippen molar-refractivity contribution in [2.45, 2.75) is 19.0 Å². The smallest absolute Gasteiger partial charge is 0.340 e. The molecule has 1 aliphatic rings. The molecule has 7 heteroatoms. The summed E-state index contributed by atoms with van der Waals surface area (Å²) >= 11 is 0. The average Bonchev–Trinajstić information content (AvgIpc) is 2.71. The van der Waals surface area contributed by atoms with Crippen molar-refractivity contribution in [3.05, 3.63) is 35.1 Å². The monoisotopic (exact) mass is 294 g/mol. The number of methoxy groups -OCH3 is 1. The average molecular weight is 294 g/mol. The second-order valence-electron chi connectivity index (χ2n) is 4.73. The van der Waals surface area contributed by atoms with Crippen molar-refractivity contribution in [3.63, 3.8) is 0 Å². The normalized spacial score (nSPS) is 18.2. The van der Waals surface area contributed by atoms with Crippen molar-refractivity contribution < 1.29 is 23.5 Å². The number of likely N-dealkylation sites (tertiary alicyclic amines) is 1. The van der Waals surface area contributed by atoms with Crippen LogP contribution >= 0.6 is 0 Å². The lowest BCUT2D eigenvalue weighted by Gasteiger charge is -2.11. The molecule has 1 unspecified atom stereocenters. The largest absolute Gasteiger partial charge is 0.465 e. The van der Waals surface area contributed by atoms with E-state index in [-0.39, 0.29) is 30.3 Å². The van der Waals surface area contributed by atoms with Crippen molar-refractivity contribution in [2.24, 2.45) is 0 Å². The molecular formula is C14H15FN2O4. The number of nitrogens with zero attached hydrogens (tertiary/aromatic N) is 1. The zero-order valence-corrected chi connectivity index (χ0v) is 11.7. The number of nitrogens with one attached hydrogen (secondary N) is 1. The van der Waals surface area contributed by atoms with Crippen molar-refractivity contribution in [1.29, 1.82) is 0 Å². The Morgan fingerprint density at radius 1 is 1.48 bits per heavy atom. The number of rotatable bonds is 4. The lowest BCUT2D eigenvalue weighted by atomic mass is 10.1. The highest BCUT2D eigenvalue weighted by molar-refractivity contribution is 6.05. The summed E-state index contributed by atoms with van der Waals surface area (Å²) in [7, 11) is 2.60. The molecule has 2 rings (SSSR count). The van der Waals surface area contributed by atoms with E-state index in [0.29, 0.717) is 5.56 Å². The molecule has 1 saturated heterocycles. The number of amides is 2. The van der Waals surface area contributed by atoms with E-state index in [1.165, 1.54) is 26.3 Å². The highest BCUT2D eigenvalue weighted by atomic mass is 19.1. The van der Waals surface area contributed by atoms with E-state index in [2.05, 4.69) is 10.1 Å². The number of hydrogen-bond acceptors (Lipinski definition) is 5. The molecule has 1 aromatic carbocycles. The van der Waals surface area contributed by atoms with Gasteiger partial charge in [-0.15, -0.1) is 0 Å². The predicted molar refractivity (Wildman–Crippen MR) is 70.8 cm³/mol. The maximum atomic E-state index is 13.7. The van der Waals surface area contributed by atoms with Gasteiger partial charge < -0.3 is 10.1 Å². The van der Waals surface area contributed by atoms with Crippen LogP contribution in [0, 0.1) is 5.82 Å². The number of likely N-dealkylation sites (N-methyl/N-ethyl adjacent to an activating group) is 1. The van der Waals surface area contributed by atoms with Crippen LogP contribution in [0.5, 0.6) is 0 Å². The molecule has 0 bridgehead atoms. The van der Waals surface area contributed by atoms with Crippen LogP contribution in [0.1, 0.15) is 22.3 Å². The Morgan fingerprint density at radius 3 is 2.71 bits per heavy atom. The fourth-order valence-electron chi connectivity index (χ4n) is 2.10. The fourth-order valence-corrected chi connectivity index (χ4v) is 2.10. The first kappa shape index (κ1) is 15.1. The maximum absolute atomic E-state index is 13.7. The van der Waals surface area contributed by atoms with E-state index in [1.54, 1.807) is 6.07 Å². The number of halogens is 1. The van der Waals surface area contributed by atoms with Gasteiger partial charge in [-0.05, 0) is 17.7 Å². The molecule has 1 fully saturated rings. The van der Waals surface area contributed by atoms with Gasteiger partial charge in [0.25, 0.3) is 0 Å². The summed E-state index contributed by atoms with van der Waals surface area (Å²) in [5.74, 6) is -1.98. The summed E-state index contributed by atoms with van der Waals surface area (Å²) in [4.78, 5) is 35.4. The summed E-state index contributed by atoms with van der Waals surface area (Å²) in [6, 6.07) is 3.49. The van der Waals surface area contributed by atoms with Gasteiger partial charge in [0.15, 0.2) is 0 Å². The molecule has 1 N–H and O–H groups in total. The SMILES string of the molecule is COC(=O)c1ccc(CNC2CC(=O)N(C)C2=O)cc1F. The third-order valence-electron chi connectivity index (χ3n) is 3.37. The van der Waals surface area contributed by atoms with Crippen LogP contribution in [0.3, 0.4) is 0 Å². The zero-order chi connectivity index (χ0) is 15.6. The van der Waals surface area contributed by atoms with E-state index in [4.69, 9.17) is 0 Å². The number of carbonyl (C=O) groups excluding carboxylic acids is 3. The Kier molecular flexibility index (Phi) is 4.32. The Bertz CT molecular complexity index is 603. The lowest BCUT2D eigenvalue weighted by Crippen LogP contribution is -2.36. The van der Waals surface area contributed by atoms with Crippen LogP contribution in [-0.4, -0.2) is 42.9 Å². The molecule has 2 amide bonds. The predicted octanol–water partition coefficient (Wildman–Crippen LogP) is 0.459. The van der Waals surface area contributed by atoms with Gasteiger partial charge in [-0.25, -0.2) is 9.18 Å². The van der Waals surface area contributed by atoms with Crippen molar-refractivity contribution >= 4 is 17.8 Å². The Labute approximate surface area is 120 Å². The van der Waals surface area contributed by atoms with E-state index < -0.39 is 17.8 Å². The number of benzene rings is 1. The number of hydrogen-bond donors (Lipinski definition) is 1. The summed E-state index contributed by atoms with van der Waals surface area (Å²) in [5, 5.41) is 2.90. The molecule has 0 saturated carbocycles. The summed E-state index contributed by atoms with van der Waals surface area (Å²) < 4.78 is 18.2. The molecular weight excluding hydrogens is 279 g/mol. The number of imide groups is 1. The van der Waals surface area contributed by atoms with E-state index in [0.717, 1.165) is 4.90 Å². The highest BCUT2D eigenvalue weighted by Gasteiger charge is 2.35. The van der Waals surface area contributed by atoms with Gasteiger partial charge >= 0.3 is 5.97 Å². The molecule has 1 aromatic rings. The van der Waals surface area contributed by atoms with Gasteiger partial charge in [-0.1, -0.05) is 6.07 Å². The quantitative estimate of drug-likeness (QED) is 0.645. The highest BCUT2D eigenvalue weighted by Crippen LogP contribution is 2.14. The summed E-state index contributed by atoms with van der Waals surface area (Å²) in [6.45, 7) is 0.218. The molecule has 112 valence electrons. The Balaban J connectivity index is 2.02. The molecule has 0 aromatic heterocycles. The maximum Gasteiger partial charge on any atom is 0.340 e. The Hall–Kier alpha value is -2.28. The van der Waals surface area contributed by atoms with E-state index in [9.17, 15) is 18.8 Å². The van der Waals surface area contributed by atoms with Gasteiger partial charge in [-0.2, -0.15) is 0 Å². The molecule has 0 aliphatic carbocycles. The number of ether oxygens (including phenoxy) is 1. The van der Waals surface area contributed by atoms with Gasteiger partial charge in [0, 0.05) is 13.6 Å². The number of carbonyl (C=O) groups is 3. The second-order valence-corrected chi connectivity index (χ2v) is 4.73. The fraction of sp³-hybridized carbons (Fsp3) is 0.357. The molecule has 0 radical (unpaired) electrons. The van der Waals surface area contributed by atoms with Crippen molar-refractivity contribution in [1.82, 2.24) is 10.2 Å². The topological polar surface area (TPSA) is 75.7 Å². The first-order valence-corrected chi connectivity index (χ1v) is 6.34. The summed E-state index contributed by atoms with van der Waals surface area (Å²) in [6.07, 6.45) is 0.0953. The molecule has 1 atom stereocenters. The molecule has 1 heterocycles. The first-order chi connectivity index (χ1) is 9.93. The van der Waals surface area contributed by atoms with Gasteiger partial charge in [0.05, 0.1) is 25.1 Å². The standard InChI is InChI=1S/C14H15FN2O4/c1-17-12(18)6-11(13(17)19)16-7-8-3-4-9(10(15)5-8)14(20)21-2/h3-5,11,16H,6-7H2,1-2H3. The van der Waals surface area contributed by atoms with Gasteiger partial charge in [0.2, 0.25) is 11.8 Å². The van der Waals surface area contributed by atoms with Crippen molar-refractivity contribution in [3.8, 4) is 0 Å². The summed E-state index contributed by atoms with van der Waals surface area (Å²) in [5.41, 5.74) is 0.419. The Morgan fingerprint density at radius 2 is 2.19 bits per heavy atom. The van der Waals surface area contributed by atoms with Gasteiger partial charge in [0.1, 0.15) is 5.82 Å². The van der Waals surface area contributed by atoms with E-state index >= 15 is 0 Å². The van der Waals surface area contributed by atoms with Crippen LogP contribution in [0.25, 0.3) is 0 Å². The third-order valence-corrected chi connectivity index (χ3v) is 3.37. The van der Waals surface area contributed by atoms with Gasteiger partial charge in [-0.3, -0.25) is 14.5 Å². The minimum Gasteiger partial charge on any atom is -0.465 e. The minimum atomic E-state index is -0.745. The number of esters is 1. The third kappa shape index (κ3) is 3.08. The van der Waals surface area contributed by atoms with E-state index in [1.807, 2.05) is 0 Å². The first-order valence-electron chi connectivity index (χ1n) is 6.34. The zero-order valence-electron chi connectivity index (χ0n) is 11.7. The van der Waals surface area contributed by atoms with Crippen LogP contribution in [0.4, 0.5) is 4.39 Å². The minimum absolute atomic E-state index is 0.0953. The molecule has 0 spiro atoms. The van der Waals surface area contributed by atoms with Crippen LogP contribution in [0.2, 0.25) is 0 Å². The van der Waals surface area contributed by atoms with Crippen LogP contribution in [-0.2, 0) is 20.9 Å². The molecule has 1 aliphatic heterocycles. The molecule has 21 heavy (non-hydrogen) atoms. The lowest BCUT2D eigenvalue weighted by molar-refractivity contribution is -0.137.